The second kappa shape index (κ2) is 9.73. The first-order valence-corrected chi connectivity index (χ1v) is 14.0. The normalized spacial score (nSPS) is 31.4. The first kappa shape index (κ1) is 22.7. The van der Waals surface area contributed by atoms with Gasteiger partial charge in [0, 0.05) is 41.0 Å². The number of benzene rings is 2. The number of hydrogen-bond acceptors (Lipinski definition) is 4. The van der Waals surface area contributed by atoms with Gasteiger partial charge in [0.2, 0.25) is 5.91 Å². The Morgan fingerprint density at radius 2 is 1.77 bits per heavy atom. The van der Waals surface area contributed by atoms with Crippen LogP contribution in [0, 0.1) is 11.8 Å². The van der Waals surface area contributed by atoms with E-state index in [1.165, 1.54) is 11.3 Å². The second-order valence-corrected chi connectivity index (χ2v) is 11.5. The first-order valence-electron chi connectivity index (χ1n) is 13.0. The molecule has 2 aromatic rings. The summed E-state index contributed by atoms with van der Waals surface area (Å²) in [6.45, 7) is 0.793. The molecule has 4 aliphatic rings. The number of amides is 2. The molecule has 0 bridgehead atoms. The molecule has 0 aromatic heterocycles. The maximum Gasteiger partial charge on any atom is 0.251 e. The van der Waals surface area contributed by atoms with E-state index >= 15 is 0 Å². The third-order valence-corrected chi connectivity index (χ3v) is 9.53. The van der Waals surface area contributed by atoms with Crippen molar-refractivity contribution < 1.29 is 9.59 Å². The molecule has 6 rings (SSSR count). The quantitative estimate of drug-likeness (QED) is 0.608. The molecule has 2 N–H and O–H groups in total. The number of fused-ring (bicyclic) bond motifs is 3. The Labute approximate surface area is 211 Å². The molecule has 2 amide bonds. The van der Waals surface area contributed by atoms with Crippen LogP contribution in [0.5, 0.6) is 0 Å². The van der Waals surface area contributed by atoms with Gasteiger partial charge >= 0.3 is 0 Å². The van der Waals surface area contributed by atoms with Crippen molar-refractivity contribution in [3.63, 3.8) is 0 Å². The van der Waals surface area contributed by atoms with Crippen LogP contribution in [0.1, 0.15) is 60.5 Å². The van der Waals surface area contributed by atoms with Gasteiger partial charge < -0.3 is 15.5 Å². The summed E-state index contributed by atoms with van der Waals surface area (Å²) in [5.74, 6) is 0.404. The predicted octanol–water partition coefficient (Wildman–Crippen LogP) is 5.38. The number of thioether (sulfide) groups is 1. The minimum absolute atomic E-state index is 0.0763. The number of nitrogens with zero attached hydrogens (tertiary/aromatic N) is 1. The fraction of sp³-hybridized carbons (Fsp3) is 0.448. The van der Waals surface area contributed by atoms with E-state index < -0.39 is 0 Å². The van der Waals surface area contributed by atoms with Gasteiger partial charge in [-0.15, -0.1) is 11.8 Å². The lowest BCUT2D eigenvalue weighted by Crippen LogP contribution is -2.51. The van der Waals surface area contributed by atoms with Gasteiger partial charge in [-0.2, -0.15) is 0 Å². The number of carbonyl (C=O) groups excluding carboxylic acids is 2. The molecule has 0 radical (unpaired) electrons. The predicted molar refractivity (Wildman–Crippen MR) is 141 cm³/mol. The highest BCUT2D eigenvalue weighted by Crippen LogP contribution is 2.50. The van der Waals surface area contributed by atoms with Crippen molar-refractivity contribution in [1.29, 1.82) is 0 Å². The van der Waals surface area contributed by atoms with E-state index in [4.69, 9.17) is 0 Å². The molecule has 5 nitrogen and oxygen atoms in total. The van der Waals surface area contributed by atoms with Gasteiger partial charge in [-0.3, -0.25) is 9.59 Å². The smallest absolute Gasteiger partial charge is 0.251 e. The number of carbonyl (C=O) groups is 2. The molecule has 35 heavy (non-hydrogen) atoms. The van der Waals surface area contributed by atoms with E-state index in [0.717, 1.165) is 45.1 Å². The molecule has 0 spiro atoms. The van der Waals surface area contributed by atoms with Gasteiger partial charge in [-0.25, -0.2) is 0 Å². The highest BCUT2D eigenvalue weighted by molar-refractivity contribution is 8.03. The van der Waals surface area contributed by atoms with Crippen LogP contribution in [0.2, 0.25) is 0 Å². The molecule has 2 fully saturated rings. The van der Waals surface area contributed by atoms with E-state index in [1.54, 1.807) is 0 Å². The van der Waals surface area contributed by atoms with Crippen molar-refractivity contribution >= 4 is 29.3 Å². The Kier molecular flexibility index (Phi) is 6.31. The maximum absolute atomic E-state index is 14.2. The summed E-state index contributed by atoms with van der Waals surface area (Å²) in [6, 6.07) is 18.2. The summed E-state index contributed by atoms with van der Waals surface area (Å²) >= 11 is 1.92. The molecule has 6 heteroatoms. The largest absolute Gasteiger partial charge is 0.381 e. The van der Waals surface area contributed by atoms with Gasteiger partial charge in [-0.1, -0.05) is 55.3 Å². The number of likely N-dealkylation sites (tertiary alicyclic amines) is 1. The third kappa shape index (κ3) is 4.26. The highest BCUT2D eigenvalue weighted by atomic mass is 32.2. The average Bonchev–Trinajstić information content (AvgIpc) is 3.60. The summed E-state index contributed by atoms with van der Waals surface area (Å²) in [5.41, 5.74) is 3.07. The topological polar surface area (TPSA) is 61.4 Å². The summed E-state index contributed by atoms with van der Waals surface area (Å²) in [4.78, 5) is 29.3. The molecule has 6 atom stereocenters. The summed E-state index contributed by atoms with van der Waals surface area (Å²) in [5, 5.41) is 9.81. The number of rotatable bonds is 4. The van der Waals surface area contributed by atoms with Gasteiger partial charge in [0.15, 0.2) is 0 Å². The SMILES string of the molecule is O=C(N[C@@H]1CCCC[C@@H]1C(=O)N1CC[C@@H]2[C@H](C3CC=CS3)Nc3ccccc3[C@@H]21)c1ccccc1. The first-order chi connectivity index (χ1) is 17.2. The van der Waals surface area contributed by atoms with Crippen LogP contribution in [0.25, 0.3) is 0 Å². The van der Waals surface area contributed by atoms with Gasteiger partial charge in [0.1, 0.15) is 0 Å². The zero-order valence-corrected chi connectivity index (χ0v) is 20.8. The Balaban J connectivity index is 1.25. The van der Waals surface area contributed by atoms with Gasteiger partial charge in [0.05, 0.1) is 12.0 Å². The fourth-order valence-electron chi connectivity index (χ4n) is 6.67. The number of hydrogen-bond donors (Lipinski definition) is 2. The summed E-state index contributed by atoms with van der Waals surface area (Å²) in [6.07, 6.45) is 8.18. The van der Waals surface area contributed by atoms with E-state index in [1.807, 2.05) is 42.1 Å². The van der Waals surface area contributed by atoms with Crippen LogP contribution < -0.4 is 10.6 Å². The monoisotopic (exact) mass is 487 g/mol. The molecular weight excluding hydrogens is 454 g/mol. The molecule has 1 saturated heterocycles. The standard InChI is InChI=1S/C29H33N3O2S/c33-28(19-9-2-1-3-10-19)31-24-14-7-5-12-21(24)29(34)32-17-16-22-26(25-15-8-18-35-25)30-23-13-6-4-11-20(23)27(22)32/h1-4,6,8-11,13,18,21-22,24-27,30H,5,7,12,14-17H2,(H,31,33)/t21-,22+,24+,25?,26+,27-/m0/s1. The molecule has 1 aliphatic carbocycles. The second-order valence-electron chi connectivity index (χ2n) is 10.3. The minimum Gasteiger partial charge on any atom is -0.381 e. The number of para-hydroxylation sites is 1. The fourth-order valence-corrected chi connectivity index (χ4v) is 7.75. The molecule has 182 valence electrons. The summed E-state index contributed by atoms with van der Waals surface area (Å²) < 4.78 is 0. The van der Waals surface area contributed by atoms with Crippen LogP contribution in [0.3, 0.4) is 0 Å². The molecule has 1 saturated carbocycles. The van der Waals surface area contributed by atoms with Crippen molar-refractivity contribution in [3.05, 3.63) is 77.2 Å². The Bertz CT molecular complexity index is 1110. The highest BCUT2D eigenvalue weighted by Gasteiger charge is 2.49. The number of anilines is 1. The molecule has 2 aromatic carbocycles. The van der Waals surface area contributed by atoms with Crippen LogP contribution in [0.4, 0.5) is 5.69 Å². The lowest BCUT2D eigenvalue weighted by molar-refractivity contribution is -0.138. The van der Waals surface area contributed by atoms with Crippen LogP contribution in [-0.2, 0) is 4.79 Å². The third-order valence-electron chi connectivity index (χ3n) is 8.34. The lowest BCUT2D eigenvalue weighted by atomic mass is 9.79. The van der Waals surface area contributed by atoms with Crippen LogP contribution in [-0.4, -0.2) is 40.6 Å². The van der Waals surface area contributed by atoms with Crippen molar-refractivity contribution in [2.24, 2.45) is 11.8 Å². The van der Waals surface area contributed by atoms with Crippen LogP contribution in [0.15, 0.2) is 66.1 Å². The minimum atomic E-state index is -0.154. The number of allylic oxidation sites excluding steroid dienone is 1. The summed E-state index contributed by atoms with van der Waals surface area (Å²) in [7, 11) is 0. The molecule has 3 aliphatic heterocycles. The zero-order valence-electron chi connectivity index (χ0n) is 19.9. The van der Waals surface area contributed by atoms with E-state index in [-0.39, 0.29) is 29.8 Å². The Morgan fingerprint density at radius 1 is 0.971 bits per heavy atom. The van der Waals surface area contributed by atoms with Crippen molar-refractivity contribution in [2.75, 3.05) is 11.9 Å². The Morgan fingerprint density at radius 3 is 2.60 bits per heavy atom. The average molecular weight is 488 g/mol. The lowest BCUT2D eigenvalue weighted by Gasteiger charge is -2.43. The van der Waals surface area contributed by atoms with Crippen molar-refractivity contribution in [1.82, 2.24) is 10.2 Å². The molecule has 3 heterocycles. The Hall–Kier alpha value is -2.73. The van der Waals surface area contributed by atoms with E-state index in [0.29, 0.717) is 22.8 Å². The van der Waals surface area contributed by atoms with Gasteiger partial charge in [0.25, 0.3) is 5.91 Å². The van der Waals surface area contributed by atoms with Crippen molar-refractivity contribution in [3.8, 4) is 0 Å². The molecular formula is C29H33N3O2S. The maximum atomic E-state index is 14.2. The van der Waals surface area contributed by atoms with Crippen LogP contribution >= 0.6 is 11.8 Å². The molecule has 1 unspecified atom stereocenters. The van der Waals surface area contributed by atoms with Gasteiger partial charge in [-0.05, 0) is 54.9 Å². The van der Waals surface area contributed by atoms with E-state index in [9.17, 15) is 9.59 Å². The number of nitrogens with one attached hydrogen (secondary N) is 2. The van der Waals surface area contributed by atoms with E-state index in [2.05, 4.69) is 51.3 Å². The zero-order chi connectivity index (χ0) is 23.8. The van der Waals surface area contributed by atoms with Crippen molar-refractivity contribution in [2.45, 2.75) is 61.9 Å².